The molecule has 35 heavy (non-hydrogen) atoms. The van der Waals surface area contributed by atoms with E-state index in [1.165, 1.54) is 0 Å². The van der Waals surface area contributed by atoms with Gasteiger partial charge in [0, 0.05) is 22.3 Å². The molecule has 2 aromatic carbocycles. The van der Waals surface area contributed by atoms with Gasteiger partial charge in [-0.3, -0.25) is 9.89 Å². The van der Waals surface area contributed by atoms with Crippen LogP contribution in [0.1, 0.15) is 41.5 Å². The maximum Gasteiger partial charge on any atom is 0.356 e. The summed E-state index contributed by atoms with van der Waals surface area (Å²) < 4.78 is 6.99. The van der Waals surface area contributed by atoms with Crippen molar-refractivity contribution in [3.8, 4) is 5.75 Å². The molecule has 178 valence electrons. The number of methoxy groups -OCH3 is 1. The second-order valence-corrected chi connectivity index (χ2v) is 8.25. The van der Waals surface area contributed by atoms with Crippen molar-refractivity contribution in [3.05, 3.63) is 76.8 Å². The van der Waals surface area contributed by atoms with Gasteiger partial charge in [0.15, 0.2) is 5.69 Å². The number of carbonyl (C=O) groups excluding carboxylic acids is 1. The Morgan fingerprint density at radius 2 is 2.06 bits per heavy atom. The first-order chi connectivity index (χ1) is 16.9. The fraction of sp³-hybridized carbons (Fsp3) is 0.200. The Labute approximate surface area is 200 Å². The molecule has 0 saturated heterocycles. The van der Waals surface area contributed by atoms with Crippen LogP contribution in [0.2, 0.25) is 0 Å². The van der Waals surface area contributed by atoms with E-state index in [0.29, 0.717) is 40.5 Å². The van der Waals surface area contributed by atoms with E-state index in [0.717, 1.165) is 16.5 Å². The lowest BCUT2D eigenvalue weighted by Gasteiger charge is -2.30. The van der Waals surface area contributed by atoms with Crippen molar-refractivity contribution in [3.63, 3.8) is 0 Å². The number of carboxylic acids is 1. The molecule has 10 heteroatoms. The minimum atomic E-state index is -1.12. The summed E-state index contributed by atoms with van der Waals surface area (Å²) in [5.41, 5.74) is 3.78. The molecule has 5 rings (SSSR count). The highest BCUT2D eigenvalue weighted by Gasteiger charge is 2.36. The summed E-state index contributed by atoms with van der Waals surface area (Å²) in [5.74, 6) is -0.271. The number of hydrogen-bond acceptors (Lipinski definition) is 6. The van der Waals surface area contributed by atoms with Crippen LogP contribution in [0.5, 0.6) is 5.75 Å². The molecule has 0 bridgehead atoms. The first-order valence-electron chi connectivity index (χ1n) is 11.1. The second-order valence-electron chi connectivity index (χ2n) is 8.25. The second kappa shape index (κ2) is 8.64. The van der Waals surface area contributed by atoms with Gasteiger partial charge in [-0.2, -0.15) is 10.2 Å². The quantitative estimate of drug-likeness (QED) is 0.334. The van der Waals surface area contributed by atoms with Gasteiger partial charge in [-0.25, -0.2) is 9.48 Å². The Balaban J connectivity index is 1.63. The fourth-order valence-corrected chi connectivity index (χ4v) is 4.50. The van der Waals surface area contributed by atoms with Crippen LogP contribution in [0.3, 0.4) is 0 Å². The molecule has 1 aliphatic rings. The van der Waals surface area contributed by atoms with Crippen LogP contribution in [-0.2, 0) is 11.2 Å². The van der Waals surface area contributed by atoms with E-state index in [1.54, 1.807) is 31.0 Å². The number of carbonyl (C=O) groups is 2. The van der Waals surface area contributed by atoms with Crippen LogP contribution in [0.15, 0.2) is 59.9 Å². The van der Waals surface area contributed by atoms with Gasteiger partial charge in [0.2, 0.25) is 0 Å². The fourth-order valence-electron chi connectivity index (χ4n) is 4.50. The number of H-pyrrole nitrogens is 1. The van der Waals surface area contributed by atoms with Crippen molar-refractivity contribution in [2.24, 2.45) is 0 Å². The van der Waals surface area contributed by atoms with Crippen LogP contribution in [0.25, 0.3) is 10.9 Å². The summed E-state index contributed by atoms with van der Waals surface area (Å²) in [5, 5.41) is 28.2. The van der Waals surface area contributed by atoms with E-state index in [2.05, 4.69) is 25.9 Å². The normalized spacial score (nSPS) is 15.0. The third kappa shape index (κ3) is 3.78. The smallest absolute Gasteiger partial charge is 0.356 e. The first kappa shape index (κ1) is 22.2. The molecule has 1 unspecified atom stereocenters. The molecule has 10 nitrogen and oxygen atoms in total. The van der Waals surface area contributed by atoms with E-state index in [4.69, 9.17) is 4.74 Å². The average molecular weight is 473 g/mol. The Hall–Kier alpha value is -4.60. The number of aromatic amines is 1. The van der Waals surface area contributed by atoms with E-state index in [-0.39, 0.29) is 11.6 Å². The van der Waals surface area contributed by atoms with Crippen LogP contribution in [-0.4, -0.2) is 44.1 Å². The molecule has 0 spiro atoms. The summed E-state index contributed by atoms with van der Waals surface area (Å²) in [6.45, 7) is 3.68. The molecule has 0 fully saturated rings. The van der Waals surface area contributed by atoms with Crippen LogP contribution in [0, 0.1) is 0 Å². The van der Waals surface area contributed by atoms with Gasteiger partial charge in [0.05, 0.1) is 24.4 Å². The Morgan fingerprint density at radius 1 is 1.23 bits per heavy atom. The van der Waals surface area contributed by atoms with Gasteiger partial charge in [-0.15, -0.1) is 0 Å². The molecule has 0 aliphatic carbocycles. The predicted octanol–water partition coefficient (Wildman–Crippen LogP) is 3.96. The largest absolute Gasteiger partial charge is 0.497 e. The number of hydrogen-bond donors (Lipinski definition) is 4. The number of ether oxygens (including phenoxy) is 1. The monoisotopic (exact) mass is 472 g/mol. The molecule has 1 atom stereocenters. The third-order valence-corrected chi connectivity index (χ3v) is 6.14. The zero-order valence-electron chi connectivity index (χ0n) is 19.4. The Morgan fingerprint density at radius 3 is 2.80 bits per heavy atom. The summed E-state index contributed by atoms with van der Waals surface area (Å²) in [4.78, 5) is 25.6. The minimum Gasteiger partial charge on any atom is -0.497 e. The van der Waals surface area contributed by atoms with E-state index in [1.807, 2.05) is 43.3 Å². The van der Waals surface area contributed by atoms with Crippen molar-refractivity contribution in [2.45, 2.75) is 26.3 Å². The number of rotatable bonds is 6. The number of nitrogens with zero attached hydrogens (tertiary/aromatic N) is 3. The topological polar surface area (TPSA) is 134 Å². The van der Waals surface area contributed by atoms with Gasteiger partial charge in [0.25, 0.3) is 5.91 Å². The number of aromatic nitrogens is 4. The van der Waals surface area contributed by atoms with E-state index < -0.39 is 12.0 Å². The SMILES string of the molecule is CCc1c(C(=O)O)nn2c1NC(C)=C(C(=O)Nc1ccc3[nH]ncc3c1)C2c1cccc(OC)c1. The summed E-state index contributed by atoms with van der Waals surface area (Å²) >= 11 is 0. The number of anilines is 2. The molecular weight excluding hydrogens is 448 g/mol. The summed E-state index contributed by atoms with van der Waals surface area (Å²) in [6, 6.07) is 12.1. The van der Waals surface area contributed by atoms with Crippen LogP contribution >= 0.6 is 0 Å². The predicted molar refractivity (Wildman–Crippen MR) is 131 cm³/mol. The number of benzene rings is 2. The molecule has 0 saturated carbocycles. The van der Waals surface area contributed by atoms with E-state index >= 15 is 0 Å². The highest BCUT2D eigenvalue weighted by molar-refractivity contribution is 6.07. The zero-order valence-corrected chi connectivity index (χ0v) is 19.4. The zero-order chi connectivity index (χ0) is 24.7. The average Bonchev–Trinajstić information content (AvgIpc) is 3.47. The van der Waals surface area contributed by atoms with Crippen molar-refractivity contribution in [1.82, 2.24) is 20.0 Å². The number of fused-ring (bicyclic) bond motifs is 2. The van der Waals surface area contributed by atoms with Crippen molar-refractivity contribution in [1.29, 1.82) is 0 Å². The molecule has 4 aromatic rings. The highest BCUT2D eigenvalue weighted by Crippen LogP contribution is 2.40. The summed E-state index contributed by atoms with van der Waals surface area (Å²) in [6.07, 6.45) is 2.15. The summed E-state index contributed by atoms with van der Waals surface area (Å²) in [7, 11) is 1.57. The molecule has 2 aromatic heterocycles. The molecule has 1 amide bonds. The lowest BCUT2D eigenvalue weighted by atomic mass is 9.94. The van der Waals surface area contributed by atoms with Crippen LogP contribution in [0.4, 0.5) is 11.5 Å². The Bertz CT molecular complexity index is 1500. The Kier molecular flexibility index (Phi) is 5.48. The van der Waals surface area contributed by atoms with Crippen molar-refractivity contribution >= 4 is 34.3 Å². The number of nitrogens with one attached hydrogen (secondary N) is 3. The number of allylic oxidation sites excluding steroid dienone is 1. The maximum atomic E-state index is 13.7. The van der Waals surface area contributed by atoms with Gasteiger partial charge in [-0.05, 0) is 49.2 Å². The molecule has 4 N–H and O–H groups in total. The molecule has 3 heterocycles. The number of carboxylic acid groups (broad SMARTS) is 1. The van der Waals surface area contributed by atoms with Crippen molar-refractivity contribution < 1.29 is 19.4 Å². The number of amides is 1. The first-order valence-corrected chi connectivity index (χ1v) is 11.1. The molecule has 0 radical (unpaired) electrons. The lowest BCUT2D eigenvalue weighted by Crippen LogP contribution is -2.31. The van der Waals surface area contributed by atoms with Gasteiger partial charge < -0.3 is 20.5 Å². The lowest BCUT2D eigenvalue weighted by molar-refractivity contribution is -0.113. The van der Waals surface area contributed by atoms with Gasteiger partial charge >= 0.3 is 5.97 Å². The van der Waals surface area contributed by atoms with E-state index in [9.17, 15) is 14.7 Å². The molecular formula is C25H24N6O4. The third-order valence-electron chi connectivity index (χ3n) is 6.14. The maximum absolute atomic E-state index is 13.7. The van der Waals surface area contributed by atoms with Gasteiger partial charge in [-0.1, -0.05) is 19.1 Å². The highest BCUT2D eigenvalue weighted by atomic mass is 16.5. The van der Waals surface area contributed by atoms with Gasteiger partial charge in [0.1, 0.15) is 17.6 Å². The van der Waals surface area contributed by atoms with Crippen LogP contribution < -0.4 is 15.4 Å². The number of aromatic carboxylic acids is 1. The minimum absolute atomic E-state index is 0.0391. The standard InChI is InChI=1S/C25H24N6O4/c1-4-18-21(25(33)34)30-31-22(14-6-5-7-17(11-14)35-3)20(13(2)27-23(18)31)24(32)28-16-8-9-19-15(10-16)12-26-29-19/h5-12,22,27H,4H2,1-3H3,(H,26,29)(H,28,32)(H,33,34). The molecule has 1 aliphatic heterocycles. The van der Waals surface area contributed by atoms with Crippen molar-refractivity contribution in [2.75, 3.05) is 17.7 Å².